The molecule has 1 aliphatic heterocycles. The van der Waals surface area contributed by atoms with Crippen molar-refractivity contribution in [3.8, 4) is 33.8 Å². The molecule has 6 rings (SSSR count). The lowest BCUT2D eigenvalue weighted by Crippen LogP contribution is -2.29. The highest BCUT2D eigenvalue weighted by Gasteiger charge is 2.40. The van der Waals surface area contributed by atoms with Gasteiger partial charge in [-0.2, -0.15) is 13.2 Å². The fourth-order valence-electron chi connectivity index (χ4n) is 6.39. The molecule has 0 amide bonds. The molecular formula is C32H30F3NO2. The first-order valence-corrected chi connectivity index (χ1v) is 13.1. The zero-order valence-corrected chi connectivity index (χ0v) is 21.7. The van der Waals surface area contributed by atoms with Crippen LogP contribution in [0.25, 0.3) is 33.0 Å². The number of benzene rings is 4. The van der Waals surface area contributed by atoms with Gasteiger partial charge >= 0.3 is 6.18 Å². The van der Waals surface area contributed by atoms with E-state index in [-0.39, 0.29) is 11.3 Å². The molecule has 2 aliphatic rings. The molecule has 4 aromatic rings. The van der Waals surface area contributed by atoms with E-state index in [2.05, 4.69) is 18.7 Å². The molecular weight excluding hydrogens is 487 g/mol. The van der Waals surface area contributed by atoms with Gasteiger partial charge in [-0.05, 0) is 83.0 Å². The normalized spacial score (nSPS) is 16.4. The van der Waals surface area contributed by atoms with Crippen LogP contribution >= 0.6 is 0 Å². The van der Waals surface area contributed by atoms with Crippen molar-refractivity contribution in [3.05, 3.63) is 77.4 Å². The Balaban J connectivity index is 1.61. The number of fused-ring (bicyclic) bond motifs is 5. The van der Waals surface area contributed by atoms with Crippen LogP contribution in [0.2, 0.25) is 0 Å². The van der Waals surface area contributed by atoms with E-state index in [9.17, 15) is 18.3 Å². The summed E-state index contributed by atoms with van der Waals surface area (Å²) >= 11 is 0. The van der Waals surface area contributed by atoms with Crippen molar-refractivity contribution in [2.75, 3.05) is 25.1 Å². The molecule has 3 nitrogen and oxygen atoms in total. The van der Waals surface area contributed by atoms with Gasteiger partial charge in [0.1, 0.15) is 5.75 Å². The lowest BCUT2D eigenvalue weighted by atomic mass is 9.81. The number of hydrogen-bond donors (Lipinski definition) is 1. The van der Waals surface area contributed by atoms with E-state index >= 15 is 0 Å². The van der Waals surface area contributed by atoms with E-state index in [1.807, 2.05) is 24.3 Å². The van der Waals surface area contributed by atoms with Crippen LogP contribution in [-0.4, -0.2) is 25.3 Å². The standard InChI is InChI=1S/C32H30F3NO2/c1-31(2)24-17-19(20-9-5-6-10-23(20)32(33,34)35)11-12-21(24)28-25(31)18-27(37)22-13-14-26(30(38-3)29(22)28)36-15-7-4-8-16-36/h5-6,9-14,17-18,37H,4,7-8,15-16H2,1-3H3. The fourth-order valence-corrected chi connectivity index (χ4v) is 6.39. The summed E-state index contributed by atoms with van der Waals surface area (Å²) < 4.78 is 47.5. The molecule has 0 spiro atoms. The molecule has 1 heterocycles. The molecule has 38 heavy (non-hydrogen) atoms. The second kappa shape index (κ2) is 8.69. The highest BCUT2D eigenvalue weighted by molar-refractivity contribution is 6.10. The van der Waals surface area contributed by atoms with Crippen LogP contribution in [0.5, 0.6) is 11.5 Å². The van der Waals surface area contributed by atoms with E-state index in [0.29, 0.717) is 10.9 Å². The largest absolute Gasteiger partial charge is 0.507 e. The Morgan fingerprint density at radius 3 is 2.32 bits per heavy atom. The Labute approximate surface area is 220 Å². The van der Waals surface area contributed by atoms with Crippen LogP contribution in [0.4, 0.5) is 18.9 Å². The maximum absolute atomic E-state index is 13.8. The number of methoxy groups -OCH3 is 1. The number of alkyl halides is 3. The molecule has 0 bridgehead atoms. The van der Waals surface area contributed by atoms with Gasteiger partial charge in [0.15, 0.2) is 5.75 Å². The van der Waals surface area contributed by atoms with E-state index < -0.39 is 17.2 Å². The minimum Gasteiger partial charge on any atom is -0.507 e. The van der Waals surface area contributed by atoms with Crippen molar-refractivity contribution in [1.82, 2.24) is 0 Å². The number of hydrogen-bond acceptors (Lipinski definition) is 3. The molecule has 0 atom stereocenters. The van der Waals surface area contributed by atoms with Crippen molar-refractivity contribution in [3.63, 3.8) is 0 Å². The minimum atomic E-state index is -4.45. The number of phenols is 1. The van der Waals surface area contributed by atoms with E-state index in [1.54, 1.807) is 25.3 Å². The summed E-state index contributed by atoms with van der Waals surface area (Å²) in [5.41, 5.74) is 4.30. The first kappa shape index (κ1) is 24.7. The van der Waals surface area contributed by atoms with Crippen LogP contribution in [0.1, 0.15) is 49.8 Å². The van der Waals surface area contributed by atoms with Gasteiger partial charge in [-0.3, -0.25) is 0 Å². The van der Waals surface area contributed by atoms with Crippen molar-refractivity contribution < 1.29 is 23.0 Å². The first-order valence-electron chi connectivity index (χ1n) is 13.1. The molecule has 196 valence electrons. The van der Waals surface area contributed by atoms with Gasteiger partial charge in [0.05, 0.1) is 18.4 Å². The molecule has 1 fully saturated rings. The van der Waals surface area contributed by atoms with E-state index in [4.69, 9.17) is 4.74 Å². The van der Waals surface area contributed by atoms with Gasteiger partial charge in [0.2, 0.25) is 0 Å². The molecule has 0 radical (unpaired) electrons. The van der Waals surface area contributed by atoms with Gasteiger partial charge in [-0.25, -0.2) is 0 Å². The van der Waals surface area contributed by atoms with Crippen molar-refractivity contribution in [1.29, 1.82) is 0 Å². The van der Waals surface area contributed by atoms with Crippen molar-refractivity contribution >= 4 is 16.5 Å². The number of aromatic hydroxyl groups is 1. The topological polar surface area (TPSA) is 32.7 Å². The number of phenolic OH excluding ortho intramolecular Hbond substituents is 1. The summed E-state index contributed by atoms with van der Waals surface area (Å²) in [6, 6.07) is 17.1. The highest BCUT2D eigenvalue weighted by atomic mass is 19.4. The van der Waals surface area contributed by atoms with Crippen molar-refractivity contribution in [2.24, 2.45) is 0 Å². The van der Waals surface area contributed by atoms with E-state index in [1.165, 1.54) is 18.6 Å². The third kappa shape index (κ3) is 3.64. The van der Waals surface area contributed by atoms with Gasteiger partial charge < -0.3 is 14.7 Å². The van der Waals surface area contributed by atoms with Gasteiger partial charge in [0, 0.05) is 29.3 Å². The van der Waals surface area contributed by atoms with Crippen molar-refractivity contribution in [2.45, 2.75) is 44.7 Å². The SMILES string of the molecule is COc1c(N2CCCCC2)ccc2c(O)cc3c(c12)-c1ccc(-c2ccccc2C(F)(F)F)cc1C3(C)C. The molecule has 4 aromatic carbocycles. The van der Waals surface area contributed by atoms with Crippen LogP contribution in [0.3, 0.4) is 0 Å². The number of rotatable bonds is 3. The maximum Gasteiger partial charge on any atom is 0.417 e. The smallest absolute Gasteiger partial charge is 0.417 e. The molecule has 6 heteroatoms. The number of halogens is 3. The molecule has 1 aliphatic carbocycles. The number of piperidine rings is 1. The molecule has 0 aromatic heterocycles. The van der Waals surface area contributed by atoms with Crippen LogP contribution < -0.4 is 9.64 Å². The first-order chi connectivity index (χ1) is 18.1. The summed E-state index contributed by atoms with van der Waals surface area (Å²) in [6.45, 7) is 6.02. The summed E-state index contributed by atoms with van der Waals surface area (Å²) in [5.74, 6) is 0.900. The third-order valence-corrected chi connectivity index (χ3v) is 8.29. The second-order valence-electron chi connectivity index (χ2n) is 10.8. The summed E-state index contributed by atoms with van der Waals surface area (Å²) in [6.07, 6.45) is -0.993. The monoisotopic (exact) mass is 517 g/mol. The van der Waals surface area contributed by atoms with Gasteiger partial charge in [-0.15, -0.1) is 0 Å². The average molecular weight is 518 g/mol. The zero-order chi connectivity index (χ0) is 26.8. The third-order valence-electron chi connectivity index (χ3n) is 8.29. The summed E-state index contributed by atoms with van der Waals surface area (Å²) in [7, 11) is 1.66. The van der Waals surface area contributed by atoms with Crippen LogP contribution in [0.15, 0.2) is 60.7 Å². The lowest BCUT2D eigenvalue weighted by molar-refractivity contribution is -0.137. The quantitative estimate of drug-likeness (QED) is 0.296. The number of ether oxygens (including phenoxy) is 1. The summed E-state index contributed by atoms with van der Waals surface area (Å²) in [4.78, 5) is 2.34. The molecule has 1 N–H and O–H groups in total. The van der Waals surface area contributed by atoms with Crippen LogP contribution in [-0.2, 0) is 11.6 Å². The van der Waals surface area contributed by atoms with Gasteiger partial charge in [-0.1, -0.05) is 44.2 Å². The Hall–Kier alpha value is -3.67. The lowest BCUT2D eigenvalue weighted by Gasteiger charge is -2.31. The maximum atomic E-state index is 13.8. The fraction of sp³-hybridized carbons (Fsp3) is 0.312. The zero-order valence-electron chi connectivity index (χ0n) is 21.7. The summed E-state index contributed by atoms with van der Waals surface area (Å²) in [5, 5.41) is 12.7. The van der Waals surface area contributed by atoms with Crippen LogP contribution in [0, 0.1) is 0 Å². The second-order valence-corrected chi connectivity index (χ2v) is 10.8. The number of nitrogens with zero attached hydrogens (tertiary/aromatic N) is 1. The Morgan fingerprint density at radius 1 is 0.868 bits per heavy atom. The average Bonchev–Trinajstić information content (AvgIpc) is 3.13. The minimum absolute atomic E-state index is 0.159. The van der Waals surface area contributed by atoms with E-state index in [0.717, 1.165) is 71.1 Å². The molecule has 0 unspecified atom stereocenters. The Bertz CT molecular complexity index is 1570. The van der Waals surface area contributed by atoms with Gasteiger partial charge in [0.25, 0.3) is 0 Å². The number of anilines is 1. The predicted octanol–water partition coefficient (Wildman–Crippen LogP) is 8.54. The molecule has 0 saturated carbocycles. The molecule has 1 saturated heterocycles. The Kier molecular flexibility index (Phi) is 5.64. The Morgan fingerprint density at radius 2 is 1.61 bits per heavy atom. The highest BCUT2D eigenvalue weighted by Crippen LogP contribution is 2.57. The predicted molar refractivity (Wildman–Crippen MR) is 146 cm³/mol.